The molecular formula is C16H21F3N2O. The Morgan fingerprint density at radius 2 is 1.82 bits per heavy atom. The average Bonchev–Trinajstić information content (AvgIpc) is 3.26. The Morgan fingerprint density at radius 3 is 2.41 bits per heavy atom. The highest BCUT2D eigenvalue weighted by Crippen LogP contribution is 2.38. The van der Waals surface area contributed by atoms with Crippen molar-refractivity contribution in [3.8, 4) is 5.75 Å². The number of nitrogens with zero attached hydrogens (tertiary/aromatic N) is 1. The van der Waals surface area contributed by atoms with Crippen LogP contribution >= 0.6 is 0 Å². The molecule has 0 amide bonds. The van der Waals surface area contributed by atoms with Crippen LogP contribution in [0.15, 0.2) is 18.2 Å². The van der Waals surface area contributed by atoms with Gasteiger partial charge in [0.1, 0.15) is 11.9 Å². The van der Waals surface area contributed by atoms with Crippen molar-refractivity contribution in [3.63, 3.8) is 0 Å². The van der Waals surface area contributed by atoms with E-state index in [4.69, 9.17) is 10.5 Å². The molecule has 0 atom stereocenters. The fraction of sp³-hybridized carbons (Fsp3) is 0.625. The van der Waals surface area contributed by atoms with Crippen LogP contribution in [0.25, 0.3) is 0 Å². The predicted octanol–water partition coefficient (Wildman–Crippen LogP) is 3.54. The molecule has 0 unspecified atom stereocenters. The molecule has 3 nitrogen and oxygen atoms in total. The zero-order chi connectivity index (χ0) is 15.7. The van der Waals surface area contributed by atoms with Crippen LogP contribution in [0.1, 0.15) is 31.2 Å². The van der Waals surface area contributed by atoms with Crippen molar-refractivity contribution >= 4 is 5.69 Å². The van der Waals surface area contributed by atoms with E-state index in [1.165, 1.54) is 25.0 Å². The van der Waals surface area contributed by atoms with Crippen LogP contribution in [0.5, 0.6) is 5.75 Å². The summed E-state index contributed by atoms with van der Waals surface area (Å²) in [7, 11) is 0. The molecule has 0 aromatic heterocycles. The van der Waals surface area contributed by atoms with Gasteiger partial charge >= 0.3 is 6.18 Å². The molecular weight excluding hydrogens is 293 g/mol. The van der Waals surface area contributed by atoms with Crippen molar-refractivity contribution in [2.75, 3.05) is 25.4 Å². The molecule has 1 saturated carbocycles. The largest absolute Gasteiger partial charge is 0.490 e. The number of benzene rings is 1. The summed E-state index contributed by atoms with van der Waals surface area (Å²) in [6, 6.07) is 3.72. The van der Waals surface area contributed by atoms with Crippen LogP contribution in [0.4, 0.5) is 18.9 Å². The summed E-state index contributed by atoms with van der Waals surface area (Å²) in [6.45, 7) is 2.93. The molecule has 122 valence electrons. The van der Waals surface area contributed by atoms with Gasteiger partial charge in [-0.25, -0.2) is 0 Å². The van der Waals surface area contributed by atoms with Gasteiger partial charge in [-0.1, -0.05) is 0 Å². The van der Waals surface area contributed by atoms with E-state index in [2.05, 4.69) is 4.90 Å². The number of nitrogen functional groups attached to an aromatic ring is 1. The molecule has 0 spiro atoms. The van der Waals surface area contributed by atoms with E-state index in [0.29, 0.717) is 0 Å². The summed E-state index contributed by atoms with van der Waals surface area (Å²) in [6.07, 6.45) is -0.423. The van der Waals surface area contributed by atoms with Gasteiger partial charge < -0.3 is 15.4 Å². The van der Waals surface area contributed by atoms with E-state index in [1.807, 2.05) is 0 Å². The molecule has 6 heteroatoms. The van der Waals surface area contributed by atoms with Gasteiger partial charge in [0.25, 0.3) is 0 Å². The van der Waals surface area contributed by atoms with Gasteiger partial charge in [-0.15, -0.1) is 0 Å². The van der Waals surface area contributed by atoms with Gasteiger partial charge in [0.15, 0.2) is 0 Å². The molecule has 2 fully saturated rings. The second-order valence-electron chi connectivity index (χ2n) is 6.31. The molecule has 1 aliphatic heterocycles. The third-order valence-electron chi connectivity index (χ3n) is 4.35. The first kappa shape index (κ1) is 15.5. The van der Waals surface area contributed by atoms with Crippen LogP contribution in [-0.2, 0) is 6.18 Å². The summed E-state index contributed by atoms with van der Waals surface area (Å²) >= 11 is 0. The van der Waals surface area contributed by atoms with Gasteiger partial charge in [0.05, 0.1) is 5.56 Å². The third-order valence-corrected chi connectivity index (χ3v) is 4.35. The lowest BCUT2D eigenvalue weighted by atomic mass is 10.1. The first-order valence-electron chi connectivity index (χ1n) is 7.77. The summed E-state index contributed by atoms with van der Waals surface area (Å²) < 4.78 is 44.8. The zero-order valence-corrected chi connectivity index (χ0v) is 12.4. The second-order valence-corrected chi connectivity index (χ2v) is 6.31. The van der Waals surface area contributed by atoms with Crippen LogP contribution in [-0.4, -0.2) is 30.6 Å². The number of hydrogen-bond donors (Lipinski definition) is 1. The van der Waals surface area contributed by atoms with Crippen LogP contribution in [0.3, 0.4) is 0 Å². The lowest BCUT2D eigenvalue weighted by Crippen LogP contribution is -2.39. The fourth-order valence-electron chi connectivity index (χ4n) is 2.93. The Balaban J connectivity index is 1.61. The third kappa shape index (κ3) is 3.85. The summed E-state index contributed by atoms with van der Waals surface area (Å²) in [5.74, 6) is 0.730. The van der Waals surface area contributed by atoms with Crippen molar-refractivity contribution in [2.24, 2.45) is 5.92 Å². The smallest absolute Gasteiger partial charge is 0.420 e. The van der Waals surface area contributed by atoms with Crippen molar-refractivity contribution < 1.29 is 17.9 Å². The first-order chi connectivity index (χ1) is 10.4. The van der Waals surface area contributed by atoms with Gasteiger partial charge in [-0.3, -0.25) is 0 Å². The highest BCUT2D eigenvalue weighted by molar-refractivity contribution is 5.49. The maximum absolute atomic E-state index is 13.1. The van der Waals surface area contributed by atoms with Crippen molar-refractivity contribution in [1.82, 2.24) is 4.90 Å². The SMILES string of the molecule is Nc1ccc(OC2CCN(CC3CC3)CC2)c(C(F)(F)F)c1. The molecule has 2 N–H and O–H groups in total. The van der Waals surface area contributed by atoms with Gasteiger partial charge in [-0.05, 0) is 49.8 Å². The fourth-order valence-corrected chi connectivity index (χ4v) is 2.93. The Morgan fingerprint density at radius 1 is 1.14 bits per heavy atom. The molecule has 1 saturated heterocycles. The van der Waals surface area contributed by atoms with E-state index < -0.39 is 11.7 Å². The number of ether oxygens (including phenoxy) is 1. The number of alkyl halides is 3. The van der Waals surface area contributed by atoms with Gasteiger partial charge in [0.2, 0.25) is 0 Å². The molecule has 1 aliphatic carbocycles. The normalized spacial score (nSPS) is 21.0. The number of anilines is 1. The number of halogens is 3. The minimum atomic E-state index is -4.45. The number of hydrogen-bond acceptors (Lipinski definition) is 3. The highest BCUT2D eigenvalue weighted by Gasteiger charge is 2.35. The lowest BCUT2D eigenvalue weighted by Gasteiger charge is -2.32. The van der Waals surface area contributed by atoms with Gasteiger partial charge in [0, 0.05) is 25.3 Å². The summed E-state index contributed by atoms with van der Waals surface area (Å²) in [5, 5.41) is 0. The Hall–Kier alpha value is -1.43. The number of likely N-dealkylation sites (tertiary alicyclic amines) is 1. The topological polar surface area (TPSA) is 38.5 Å². The highest BCUT2D eigenvalue weighted by atomic mass is 19.4. The minimum Gasteiger partial charge on any atom is -0.490 e. The Labute approximate surface area is 128 Å². The Bertz CT molecular complexity index is 521. The number of nitrogens with two attached hydrogens (primary N) is 1. The minimum absolute atomic E-state index is 0.0962. The Kier molecular flexibility index (Phi) is 4.21. The average molecular weight is 314 g/mol. The standard InChI is InChI=1S/C16H21F3N2O/c17-16(18,19)14-9-12(20)3-4-15(14)22-13-5-7-21(8-6-13)10-11-1-2-11/h3-4,9,11,13H,1-2,5-8,10,20H2. The number of piperidine rings is 1. The van der Waals surface area contributed by atoms with Crippen LogP contribution in [0, 0.1) is 5.92 Å². The maximum Gasteiger partial charge on any atom is 0.420 e. The molecule has 0 bridgehead atoms. The molecule has 1 aromatic carbocycles. The summed E-state index contributed by atoms with van der Waals surface area (Å²) in [4.78, 5) is 2.39. The quantitative estimate of drug-likeness (QED) is 0.864. The molecule has 1 heterocycles. The van der Waals surface area contributed by atoms with E-state index >= 15 is 0 Å². The van der Waals surface area contributed by atoms with Crippen molar-refractivity contribution in [3.05, 3.63) is 23.8 Å². The molecule has 2 aliphatic rings. The first-order valence-corrected chi connectivity index (χ1v) is 7.77. The van der Waals surface area contributed by atoms with E-state index in [1.54, 1.807) is 0 Å². The molecule has 22 heavy (non-hydrogen) atoms. The number of rotatable bonds is 4. The lowest BCUT2D eigenvalue weighted by molar-refractivity contribution is -0.139. The second kappa shape index (κ2) is 5.99. The predicted molar refractivity (Wildman–Crippen MR) is 78.7 cm³/mol. The van der Waals surface area contributed by atoms with E-state index in [-0.39, 0.29) is 17.5 Å². The van der Waals surface area contributed by atoms with E-state index in [9.17, 15) is 13.2 Å². The monoisotopic (exact) mass is 314 g/mol. The molecule has 1 aromatic rings. The van der Waals surface area contributed by atoms with Gasteiger partial charge in [-0.2, -0.15) is 13.2 Å². The van der Waals surface area contributed by atoms with E-state index in [0.717, 1.165) is 44.5 Å². The van der Waals surface area contributed by atoms with Crippen molar-refractivity contribution in [2.45, 2.75) is 38.0 Å². The molecule has 0 radical (unpaired) electrons. The molecule has 3 rings (SSSR count). The van der Waals surface area contributed by atoms with Crippen LogP contribution in [0.2, 0.25) is 0 Å². The summed E-state index contributed by atoms with van der Waals surface area (Å²) in [5.41, 5.74) is 4.78. The zero-order valence-electron chi connectivity index (χ0n) is 12.4. The van der Waals surface area contributed by atoms with Crippen LogP contribution < -0.4 is 10.5 Å². The maximum atomic E-state index is 13.1. The van der Waals surface area contributed by atoms with Crippen molar-refractivity contribution in [1.29, 1.82) is 0 Å².